The average Bonchev–Trinajstić information content (AvgIpc) is 2.04. The van der Waals surface area contributed by atoms with Crippen LogP contribution < -0.4 is 0 Å². The van der Waals surface area contributed by atoms with Crippen LogP contribution in [0.1, 0.15) is 47.0 Å². The smallest absolute Gasteiger partial charge is 0.0325 e. The predicted molar refractivity (Wildman–Crippen MR) is 57.2 cm³/mol. The summed E-state index contributed by atoms with van der Waals surface area (Å²) in [4.78, 5) is 0. The first-order valence-corrected chi connectivity index (χ1v) is 5.24. The van der Waals surface area contributed by atoms with Gasteiger partial charge in [0.05, 0.1) is 0 Å². The van der Waals surface area contributed by atoms with E-state index in [1.807, 2.05) is 6.08 Å². The second-order valence-corrected chi connectivity index (χ2v) is 4.13. The van der Waals surface area contributed by atoms with E-state index in [0.717, 1.165) is 24.2 Å². The third kappa shape index (κ3) is 3.94. The largest absolute Gasteiger partial charge is 0.103 e. The van der Waals surface area contributed by atoms with Gasteiger partial charge < -0.3 is 0 Å². The van der Waals surface area contributed by atoms with Crippen LogP contribution in [0.25, 0.3) is 0 Å². The molecule has 0 N–H and O–H groups in total. The summed E-state index contributed by atoms with van der Waals surface area (Å²) in [6.07, 6.45) is 5.88. The fourth-order valence-corrected chi connectivity index (χ4v) is 1.76. The Labute approximate surface area is 78.1 Å². The van der Waals surface area contributed by atoms with Crippen LogP contribution in [0.4, 0.5) is 0 Å². The van der Waals surface area contributed by atoms with Crippen molar-refractivity contribution in [3.63, 3.8) is 0 Å². The van der Waals surface area contributed by atoms with Crippen LogP contribution in [0.5, 0.6) is 0 Å². The molecule has 0 aliphatic rings. The molecule has 0 aromatic heterocycles. The van der Waals surface area contributed by atoms with E-state index in [4.69, 9.17) is 0 Å². The van der Waals surface area contributed by atoms with E-state index >= 15 is 0 Å². The highest BCUT2D eigenvalue weighted by atomic mass is 14.2. The monoisotopic (exact) mass is 168 g/mol. The van der Waals surface area contributed by atoms with Crippen LogP contribution in [0.15, 0.2) is 12.7 Å². The van der Waals surface area contributed by atoms with Gasteiger partial charge in [-0.15, -0.1) is 6.58 Å². The molecular weight excluding hydrogens is 144 g/mol. The molecular formula is C12H24. The second-order valence-electron chi connectivity index (χ2n) is 4.13. The van der Waals surface area contributed by atoms with Gasteiger partial charge in [0.1, 0.15) is 0 Å². The van der Waals surface area contributed by atoms with Crippen molar-refractivity contribution in [1.29, 1.82) is 0 Å². The van der Waals surface area contributed by atoms with Crippen molar-refractivity contribution in [2.75, 3.05) is 0 Å². The Morgan fingerprint density at radius 3 is 2.17 bits per heavy atom. The lowest BCUT2D eigenvalue weighted by molar-refractivity contribution is 0.266. The summed E-state index contributed by atoms with van der Waals surface area (Å²) in [6, 6.07) is 0. The minimum absolute atomic E-state index is 0.795. The van der Waals surface area contributed by atoms with Gasteiger partial charge in [0.25, 0.3) is 0 Å². The van der Waals surface area contributed by atoms with Crippen LogP contribution in [0.2, 0.25) is 0 Å². The van der Waals surface area contributed by atoms with E-state index in [-0.39, 0.29) is 0 Å². The number of hydrogen-bond donors (Lipinski definition) is 0. The SMILES string of the molecule is C=CCC(C)C(C)C(C)CCC. The van der Waals surface area contributed by atoms with Gasteiger partial charge >= 0.3 is 0 Å². The number of hydrogen-bond acceptors (Lipinski definition) is 0. The van der Waals surface area contributed by atoms with E-state index in [2.05, 4.69) is 34.3 Å². The van der Waals surface area contributed by atoms with Crippen LogP contribution in [-0.2, 0) is 0 Å². The van der Waals surface area contributed by atoms with Crippen LogP contribution in [-0.4, -0.2) is 0 Å². The molecule has 0 radical (unpaired) electrons. The van der Waals surface area contributed by atoms with Crippen molar-refractivity contribution in [3.05, 3.63) is 12.7 Å². The molecule has 0 aliphatic carbocycles. The molecule has 0 aromatic rings. The Morgan fingerprint density at radius 2 is 1.75 bits per heavy atom. The molecule has 0 heterocycles. The van der Waals surface area contributed by atoms with E-state index in [1.165, 1.54) is 12.8 Å². The molecule has 0 bridgehead atoms. The molecule has 0 saturated carbocycles. The zero-order chi connectivity index (χ0) is 9.56. The molecule has 0 fully saturated rings. The maximum atomic E-state index is 3.79. The molecule has 0 rings (SSSR count). The normalized spacial score (nSPS) is 18.3. The number of allylic oxidation sites excluding steroid dienone is 1. The molecule has 3 atom stereocenters. The first-order valence-electron chi connectivity index (χ1n) is 5.24. The summed E-state index contributed by atoms with van der Waals surface area (Å²) in [6.45, 7) is 13.1. The molecule has 72 valence electrons. The van der Waals surface area contributed by atoms with Gasteiger partial charge in [-0.3, -0.25) is 0 Å². The van der Waals surface area contributed by atoms with Gasteiger partial charge in [-0.05, 0) is 24.2 Å². The van der Waals surface area contributed by atoms with Crippen molar-refractivity contribution in [2.24, 2.45) is 17.8 Å². The van der Waals surface area contributed by atoms with Crippen molar-refractivity contribution in [1.82, 2.24) is 0 Å². The summed E-state index contributed by atoms with van der Waals surface area (Å²) in [5, 5.41) is 0. The molecule has 0 nitrogen and oxygen atoms in total. The van der Waals surface area contributed by atoms with Crippen LogP contribution in [0, 0.1) is 17.8 Å². The third-order valence-corrected chi connectivity index (χ3v) is 3.08. The van der Waals surface area contributed by atoms with Crippen molar-refractivity contribution in [3.8, 4) is 0 Å². The summed E-state index contributed by atoms with van der Waals surface area (Å²) < 4.78 is 0. The van der Waals surface area contributed by atoms with Gasteiger partial charge in [-0.1, -0.05) is 46.6 Å². The Hall–Kier alpha value is -0.260. The van der Waals surface area contributed by atoms with Crippen LogP contribution in [0.3, 0.4) is 0 Å². The van der Waals surface area contributed by atoms with Gasteiger partial charge in [0, 0.05) is 0 Å². The Kier molecular flexibility index (Phi) is 6.14. The number of rotatable bonds is 6. The van der Waals surface area contributed by atoms with Crippen molar-refractivity contribution < 1.29 is 0 Å². The topological polar surface area (TPSA) is 0 Å². The lowest BCUT2D eigenvalue weighted by Gasteiger charge is -2.24. The maximum absolute atomic E-state index is 3.79. The quantitative estimate of drug-likeness (QED) is 0.519. The van der Waals surface area contributed by atoms with Gasteiger partial charge in [0.15, 0.2) is 0 Å². The molecule has 0 aliphatic heterocycles. The van der Waals surface area contributed by atoms with Gasteiger partial charge in [-0.25, -0.2) is 0 Å². The van der Waals surface area contributed by atoms with E-state index in [0.29, 0.717) is 0 Å². The van der Waals surface area contributed by atoms with Gasteiger partial charge in [-0.2, -0.15) is 0 Å². The molecule has 0 heteroatoms. The van der Waals surface area contributed by atoms with Crippen molar-refractivity contribution in [2.45, 2.75) is 47.0 Å². The first-order chi connectivity index (χ1) is 5.63. The van der Waals surface area contributed by atoms with Gasteiger partial charge in [0.2, 0.25) is 0 Å². The van der Waals surface area contributed by atoms with Crippen LogP contribution >= 0.6 is 0 Å². The zero-order valence-corrected chi connectivity index (χ0v) is 9.14. The standard InChI is InChI=1S/C12H24/c1-6-8-10(3)12(5)11(4)9-7-2/h6,10-12H,1,7-9H2,2-5H3. The summed E-state index contributed by atoms with van der Waals surface area (Å²) >= 11 is 0. The van der Waals surface area contributed by atoms with E-state index in [9.17, 15) is 0 Å². The fourth-order valence-electron chi connectivity index (χ4n) is 1.76. The lowest BCUT2D eigenvalue weighted by Crippen LogP contribution is -2.15. The highest BCUT2D eigenvalue weighted by molar-refractivity contribution is 4.76. The molecule has 0 aromatic carbocycles. The predicted octanol–water partition coefficient (Wildman–Crippen LogP) is 4.27. The molecule has 0 amide bonds. The average molecular weight is 168 g/mol. The summed E-state index contributed by atoms with van der Waals surface area (Å²) in [5.41, 5.74) is 0. The van der Waals surface area contributed by atoms with Crippen molar-refractivity contribution >= 4 is 0 Å². The highest BCUT2D eigenvalue weighted by Gasteiger charge is 2.16. The molecule has 0 spiro atoms. The lowest BCUT2D eigenvalue weighted by atomic mass is 9.81. The first kappa shape index (κ1) is 11.7. The molecule has 3 unspecified atom stereocenters. The zero-order valence-electron chi connectivity index (χ0n) is 9.14. The van der Waals surface area contributed by atoms with E-state index < -0.39 is 0 Å². The minimum Gasteiger partial charge on any atom is -0.103 e. The summed E-state index contributed by atoms with van der Waals surface area (Å²) in [5.74, 6) is 2.50. The minimum atomic E-state index is 0.795. The Bertz CT molecular complexity index is 115. The summed E-state index contributed by atoms with van der Waals surface area (Å²) in [7, 11) is 0. The third-order valence-electron chi connectivity index (χ3n) is 3.08. The fraction of sp³-hybridized carbons (Fsp3) is 0.833. The molecule has 12 heavy (non-hydrogen) atoms. The Balaban J connectivity index is 3.80. The Morgan fingerprint density at radius 1 is 1.17 bits per heavy atom. The molecule has 0 saturated heterocycles. The highest BCUT2D eigenvalue weighted by Crippen LogP contribution is 2.26. The van der Waals surface area contributed by atoms with E-state index in [1.54, 1.807) is 0 Å². The second kappa shape index (κ2) is 6.28. The maximum Gasteiger partial charge on any atom is -0.0325 e.